The van der Waals surface area contributed by atoms with Gasteiger partial charge < -0.3 is 9.47 Å². The zero-order chi connectivity index (χ0) is 23.5. The van der Waals surface area contributed by atoms with Crippen molar-refractivity contribution < 1.29 is 9.47 Å². The molecule has 1 aliphatic carbocycles. The van der Waals surface area contributed by atoms with E-state index in [4.69, 9.17) is 14.5 Å². The molecule has 1 fully saturated rings. The van der Waals surface area contributed by atoms with E-state index in [1.807, 2.05) is 38.1 Å². The van der Waals surface area contributed by atoms with Crippen molar-refractivity contribution in [2.75, 3.05) is 7.11 Å². The van der Waals surface area contributed by atoms with E-state index in [0.29, 0.717) is 16.9 Å². The Morgan fingerprint density at radius 1 is 1.15 bits per heavy atom. The number of fused-ring (bicyclic) bond motifs is 1. The Bertz CT molecular complexity index is 1250. The van der Waals surface area contributed by atoms with Gasteiger partial charge in [-0.15, -0.1) is 0 Å². The van der Waals surface area contributed by atoms with Crippen LogP contribution in [0.15, 0.2) is 49.2 Å². The molecule has 2 aromatic carbocycles. The molecule has 3 aromatic rings. The zero-order valence-corrected chi connectivity index (χ0v) is 22.1. The van der Waals surface area contributed by atoms with Gasteiger partial charge in [0.1, 0.15) is 5.82 Å². The summed E-state index contributed by atoms with van der Waals surface area (Å²) in [5, 5.41) is 5.20. The van der Waals surface area contributed by atoms with Crippen molar-refractivity contribution in [1.29, 1.82) is 0 Å². The molecule has 8 heteroatoms. The molecule has 4 rings (SSSR count). The van der Waals surface area contributed by atoms with E-state index in [2.05, 4.69) is 37.0 Å². The van der Waals surface area contributed by atoms with E-state index >= 15 is 0 Å². The lowest BCUT2D eigenvalue weighted by Gasteiger charge is -2.22. The molecule has 0 bridgehead atoms. The molecule has 0 unspecified atom stereocenters. The summed E-state index contributed by atoms with van der Waals surface area (Å²) in [6.45, 7) is 3.92. The fourth-order valence-corrected chi connectivity index (χ4v) is 5.11. The van der Waals surface area contributed by atoms with Crippen molar-refractivity contribution in [3.8, 4) is 11.5 Å². The van der Waals surface area contributed by atoms with E-state index < -0.39 is 0 Å². The second-order valence-corrected chi connectivity index (χ2v) is 10.1. The van der Waals surface area contributed by atoms with Crippen molar-refractivity contribution >= 4 is 49.0 Å². The van der Waals surface area contributed by atoms with Crippen molar-refractivity contribution in [3.05, 3.63) is 61.0 Å². The highest BCUT2D eigenvalue weighted by Gasteiger charge is 2.23. The maximum absolute atomic E-state index is 13.4. The summed E-state index contributed by atoms with van der Waals surface area (Å²) in [5.74, 6) is 2.15. The van der Waals surface area contributed by atoms with Crippen LogP contribution in [-0.4, -0.2) is 29.1 Å². The zero-order valence-electron chi connectivity index (χ0n) is 19.0. The molecule has 1 aliphatic rings. The normalized spacial score (nSPS) is 15.0. The van der Waals surface area contributed by atoms with Crippen LogP contribution in [-0.2, 0) is 0 Å². The van der Waals surface area contributed by atoms with Crippen LogP contribution >= 0.6 is 31.9 Å². The fraction of sp³-hybridized carbons (Fsp3) is 0.400. The van der Waals surface area contributed by atoms with Gasteiger partial charge in [0, 0.05) is 16.0 Å². The fourth-order valence-electron chi connectivity index (χ4n) is 4.19. The lowest BCUT2D eigenvalue weighted by molar-refractivity contribution is 0.228. The van der Waals surface area contributed by atoms with E-state index in [1.54, 1.807) is 19.4 Å². The van der Waals surface area contributed by atoms with Gasteiger partial charge in [-0.2, -0.15) is 9.78 Å². The predicted molar refractivity (Wildman–Crippen MR) is 139 cm³/mol. The van der Waals surface area contributed by atoms with Gasteiger partial charge in [-0.1, -0.05) is 31.4 Å². The number of halogens is 2. The predicted octanol–water partition coefficient (Wildman–Crippen LogP) is 6.65. The van der Waals surface area contributed by atoms with Crippen LogP contribution in [0.1, 0.15) is 63.3 Å². The van der Waals surface area contributed by atoms with Gasteiger partial charge in [0.15, 0.2) is 11.5 Å². The second-order valence-electron chi connectivity index (χ2n) is 8.48. The smallest absolute Gasteiger partial charge is 0.282 e. The maximum atomic E-state index is 13.4. The number of methoxy groups -OCH3 is 1. The summed E-state index contributed by atoms with van der Waals surface area (Å²) in [6.07, 6.45) is 7.20. The third-order valence-electron chi connectivity index (χ3n) is 5.79. The van der Waals surface area contributed by atoms with Crippen LogP contribution in [0.4, 0.5) is 0 Å². The van der Waals surface area contributed by atoms with E-state index in [9.17, 15) is 4.79 Å². The number of hydrogen-bond acceptors (Lipinski definition) is 5. The van der Waals surface area contributed by atoms with Gasteiger partial charge in [-0.3, -0.25) is 4.79 Å². The monoisotopic (exact) mass is 575 g/mol. The summed E-state index contributed by atoms with van der Waals surface area (Å²) in [5.41, 5.74) is 1.32. The van der Waals surface area contributed by atoms with E-state index in [1.165, 1.54) is 11.1 Å². The molecule has 1 aromatic heterocycles. The lowest BCUT2D eigenvalue weighted by Crippen LogP contribution is -2.25. The highest BCUT2D eigenvalue weighted by molar-refractivity contribution is 9.13. The highest BCUT2D eigenvalue weighted by Crippen LogP contribution is 2.42. The van der Waals surface area contributed by atoms with Crippen molar-refractivity contribution in [2.24, 2.45) is 5.10 Å². The Balaban J connectivity index is 1.83. The van der Waals surface area contributed by atoms with E-state index in [0.717, 1.165) is 51.5 Å². The van der Waals surface area contributed by atoms with E-state index in [-0.39, 0.29) is 17.6 Å². The third-order valence-corrected chi connectivity index (χ3v) is 7.93. The van der Waals surface area contributed by atoms with Crippen LogP contribution < -0.4 is 15.0 Å². The van der Waals surface area contributed by atoms with Crippen LogP contribution in [0.3, 0.4) is 0 Å². The molecule has 0 radical (unpaired) electrons. The SMILES string of the molecule is COc1cc(C=Nn2c(C3CCCCC3)nc3ccccc3c2=O)c(Br)c(Br)c1OC(C)C. The Labute approximate surface area is 210 Å². The molecule has 174 valence electrons. The second kappa shape index (κ2) is 10.4. The van der Waals surface area contributed by atoms with Gasteiger partial charge in [-0.25, -0.2) is 4.98 Å². The molecule has 0 spiro atoms. The van der Waals surface area contributed by atoms with Crippen molar-refractivity contribution in [3.63, 3.8) is 0 Å². The minimum Gasteiger partial charge on any atom is -0.493 e. The molecule has 0 N–H and O–H groups in total. The lowest BCUT2D eigenvalue weighted by atomic mass is 9.88. The minimum absolute atomic E-state index is 0.0121. The molecule has 1 heterocycles. The average Bonchev–Trinajstić information content (AvgIpc) is 2.82. The summed E-state index contributed by atoms with van der Waals surface area (Å²) < 4.78 is 14.4. The van der Waals surface area contributed by atoms with Crippen molar-refractivity contribution in [1.82, 2.24) is 9.66 Å². The first kappa shape index (κ1) is 24.0. The topological polar surface area (TPSA) is 65.7 Å². The number of aromatic nitrogens is 2. The average molecular weight is 577 g/mol. The maximum Gasteiger partial charge on any atom is 0.282 e. The number of hydrogen-bond donors (Lipinski definition) is 0. The van der Waals surface area contributed by atoms with Gasteiger partial charge in [0.2, 0.25) is 0 Å². The standard InChI is InChI=1S/C25H27Br2N3O3/c1-15(2)33-23-20(32-3)13-17(21(26)22(23)27)14-28-30-24(16-9-5-4-6-10-16)29-19-12-8-7-11-18(19)25(30)31/h7-8,11-16H,4-6,9-10H2,1-3H3. The van der Waals surface area contributed by atoms with Gasteiger partial charge in [0.05, 0.1) is 34.8 Å². The molecule has 0 atom stereocenters. The van der Waals surface area contributed by atoms with Crippen LogP contribution in [0.5, 0.6) is 11.5 Å². The largest absolute Gasteiger partial charge is 0.493 e. The van der Waals surface area contributed by atoms with Gasteiger partial charge in [-0.05, 0) is 76.7 Å². The first-order valence-electron chi connectivity index (χ1n) is 11.2. The summed E-state index contributed by atoms with van der Waals surface area (Å²) in [6, 6.07) is 9.30. The van der Waals surface area contributed by atoms with Crippen LogP contribution in [0, 0.1) is 0 Å². The van der Waals surface area contributed by atoms with Crippen molar-refractivity contribution in [2.45, 2.75) is 58.0 Å². The highest BCUT2D eigenvalue weighted by atomic mass is 79.9. The van der Waals surface area contributed by atoms with Gasteiger partial charge >= 0.3 is 0 Å². The third kappa shape index (κ3) is 5.01. The number of para-hydroxylation sites is 1. The number of rotatable bonds is 6. The van der Waals surface area contributed by atoms with Gasteiger partial charge in [0.25, 0.3) is 5.56 Å². The molecule has 0 saturated heterocycles. The summed E-state index contributed by atoms with van der Waals surface area (Å²) >= 11 is 7.24. The Morgan fingerprint density at radius 2 is 1.88 bits per heavy atom. The summed E-state index contributed by atoms with van der Waals surface area (Å²) in [7, 11) is 1.60. The Kier molecular flexibility index (Phi) is 7.54. The molecule has 33 heavy (non-hydrogen) atoms. The Hall–Kier alpha value is -2.19. The molecule has 0 aliphatic heterocycles. The summed E-state index contributed by atoms with van der Waals surface area (Å²) in [4.78, 5) is 18.3. The first-order valence-corrected chi connectivity index (χ1v) is 12.8. The Morgan fingerprint density at radius 3 is 2.58 bits per heavy atom. The molecule has 6 nitrogen and oxygen atoms in total. The molecule has 0 amide bonds. The number of benzene rings is 2. The first-order chi connectivity index (χ1) is 15.9. The molecular weight excluding hydrogens is 550 g/mol. The number of nitrogens with zero attached hydrogens (tertiary/aromatic N) is 3. The molecule has 1 saturated carbocycles. The van der Waals surface area contributed by atoms with Crippen LogP contribution in [0.25, 0.3) is 10.9 Å². The molecular formula is C25H27Br2N3O3. The number of ether oxygens (including phenoxy) is 2. The quantitative estimate of drug-likeness (QED) is 0.308. The van der Waals surface area contributed by atoms with Crippen LogP contribution in [0.2, 0.25) is 0 Å². The minimum atomic E-state index is -0.153.